The number of unbranched alkanes of at least 4 members (excludes halogenated alkanes) is 1. The highest BCUT2D eigenvalue weighted by molar-refractivity contribution is 5.77. The first-order chi connectivity index (χ1) is 6.81. The van der Waals surface area contributed by atoms with Crippen molar-refractivity contribution in [1.82, 2.24) is 9.88 Å². The zero-order valence-electron chi connectivity index (χ0n) is 8.49. The first-order valence-corrected chi connectivity index (χ1v) is 5.20. The lowest BCUT2D eigenvalue weighted by atomic mass is 10.3. The highest BCUT2D eigenvalue weighted by Crippen LogP contribution is 2.03. The van der Waals surface area contributed by atoms with Crippen molar-refractivity contribution in [3.05, 3.63) is 18.2 Å². The number of aromatic nitrogens is 2. The van der Waals surface area contributed by atoms with Gasteiger partial charge in [-0.2, -0.15) is 0 Å². The van der Waals surface area contributed by atoms with E-state index in [4.69, 9.17) is 0 Å². The van der Waals surface area contributed by atoms with Crippen LogP contribution in [0.4, 0.5) is 4.79 Å². The molecule has 1 aliphatic heterocycles. The molecule has 0 aliphatic carbocycles. The summed E-state index contributed by atoms with van der Waals surface area (Å²) in [6, 6.07) is 0.00139. The molecule has 0 fully saturated rings. The van der Waals surface area contributed by atoms with E-state index < -0.39 is 0 Å². The van der Waals surface area contributed by atoms with Crippen LogP contribution in [0.2, 0.25) is 0 Å². The second-order valence-electron chi connectivity index (χ2n) is 3.68. The molecule has 1 aromatic rings. The fourth-order valence-corrected chi connectivity index (χ4v) is 1.72. The van der Waals surface area contributed by atoms with Crippen molar-refractivity contribution < 1.29 is 9.36 Å². The summed E-state index contributed by atoms with van der Waals surface area (Å²) < 4.78 is 3.81. The summed E-state index contributed by atoms with van der Waals surface area (Å²) in [5.41, 5.74) is 1.12. The molecule has 1 aliphatic rings. The zero-order valence-corrected chi connectivity index (χ0v) is 8.49. The average Bonchev–Trinajstić information content (AvgIpc) is 2.59. The normalized spacial score (nSPS) is 15.1. The molecular weight excluding hydrogens is 178 g/mol. The molecule has 1 aromatic heterocycles. The molecule has 0 saturated heterocycles. The number of imidazole rings is 1. The van der Waals surface area contributed by atoms with Crippen molar-refractivity contribution in [2.24, 2.45) is 0 Å². The van der Waals surface area contributed by atoms with Gasteiger partial charge in [-0.1, -0.05) is 13.3 Å². The number of nitrogens with one attached hydrogen (secondary N) is 1. The number of fused-ring (bicyclic) bond motifs is 1. The highest BCUT2D eigenvalue weighted by Gasteiger charge is 2.23. The Morgan fingerprint density at radius 3 is 3.21 bits per heavy atom. The van der Waals surface area contributed by atoms with Crippen LogP contribution in [0.1, 0.15) is 25.5 Å². The average molecular weight is 194 g/mol. The monoisotopic (exact) mass is 194 g/mol. The molecule has 0 spiro atoms. The summed E-state index contributed by atoms with van der Waals surface area (Å²) >= 11 is 0. The van der Waals surface area contributed by atoms with Crippen LogP contribution in [0.15, 0.2) is 12.5 Å². The van der Waals surface area contributed by atoms with Gasteiger partial charge in [0.1, 0.15) is 6.20 Å². The van der Waals surface area contributed by atoms with Gasteiger partial charge in [-0.15, -0.1) is 4.57 Å². The minimum absolute atomic E-state index is 0.00139. The van der Waals surface area contributed by atoms with Crippen LogP contribution in [0.5, 0.6) is 0 Å². The first kappa shape index (κ1) is 9.24. The number of hydrogen-bond donors (Lipinski definition) is 1. The van der Waals surface area contributed by atoms with Crippen molar-refractivity contribution in [3.63, 3.8) is 0 Å². The lowest BCUT2D eigenvalue weighted by molar-refractivity contribution is -0.696. The second-order valence-corrected chi connectivity index (χ2v) is 3.68. The quantitative estimate of drug-likeness (QED) is 0.706. The maximum Gasteiger partial charge on any atom is 0.413 e. The standard InChI is InChI=1S/C10H15N3O/c1-2-3-6-12-7-9-4-5-11-10(14)13(9)8-12/h7-8H,2-6H2,1H3/p+1. The Kier molecular flexibility index (Phi) is 2.52. The predicted octanol–water partition coefficient (Wildman–Crippen LogP) is 0.689. The zero-order chi connectivity index (χ0) is 9.97. The van der Waals surface area contributed by atoms with E-state index in [0.29, 0.717) is 0 Å². The van der Waals surface area contributed by atoms with E-state index in [1.807, 2.05) is 6.33 Å². The second kappa shape index (κ2) is 3.82. The Balaban J connectivity index is 2.17. The van der Waals surface area contributed by atoms with Crippen LogP contribution in [0, 0.1) is 0 Å². The maximum atomic E-state index is 11.4. The lowest BCUT2D eigenvalue weighted by Crippen LogP contribution is -2.36. The van der Waals surface area contributed by atoms with E-state index in [-0.39, 0.29) is 6.03 Å². The molecule has 2 heterocycles. The van der Waals surface area contributed by atoms with E-state index in [0.717, 1.165) is 31.6 Å². The molecule has 14 heavy (non-hydrogen) atoms. The molecule has 76 valence electrons. The number of carbonyl (C=O) groups is 1. The van der Waals surface area contributed by atoms with E-state index in [9.17, 15) is 4.79 Å². The smallest absolute Gasteiger partial charge is 0.317 e. The Morgan fingerprint density at radius 2 is 2.50 bits per heavy atom. The van der Waals surface area contributed by atoms with Crippen molar-refractivity contribution in [2.75, 3.05) is 6.54 Å². The number of hydrogen-bond acceptors (Lipinski definition) is 1. The molecule has 0 unspecified atom stereocenters. The van der Waals surface area contributed by atoms with Crippen LogP contribution in [0.25, 0.3) is 0 Å². The number of amides is 1. The van der Waals surface area contributed by atoms with Crippen molar-refractivity contribution in [3.8, 4) is 0 Å². The summed E-state index contributed by atoms with van der Waals surface area (Å²) in [5, 5.41) is 2.82. The summed E-state index contributed by atoms with van der Waals surface area (Å²) in [5.74, 6) is 0. The summed E-state index contributed by atoms with van der Waals surface area (Å²) in [7, 11) is 0. The number of carbonyl (C=O) groups excluding carboxylic acids is 1. The molecule has 0 aromatic carbocycles. The van der Waals surface area contributed by atoms with E-state index in [2.05, 4.69) is 23.0 Å². The molecule has 4 nitrogen and oxygen atoms in total. The van der Waals surface area contributed by atoms with Gasteiger partial charge in [0.25, 0.3) is 6.33 Å². The Hall–Kier alpha value is -1.32. The maximum absolute atomic E-state index is 11.4. The fraction of sp³-hybridized carbons (Fsp3) is 0.600. The number of aryl methyl sites for hydroxylation is 1. The SMILES string of the molecule is CCCC[n+]1cc2n(c1)C(=O)NCC2. The molecule has 0 atom stereocenters. The molecular formula is C10H16N3O+. The fourth-order valence-electron chi connectivity index (χ4n) is 1.72. The molecule has 0 bridgehead atoms. The topological polar surface area (TPSA) is 37.9 Å². The van der Waals surface area contributed by atoms with Gasteiger partial charge < -0.3 is 5.32 Å². The van der Waals surface area contributed by atoms with Crippen molar-refractivity contribution >= 4 is 6.03 Å². The lowest BCUT2D eigenvalue weighted by Gasteiger charge is -2.07. The first-order valence-electron chi connectivity index (χ1n) is 5.20. The number of rotatable bonds is 3. The largest absolute Gasteiger partial charge is 0.413 e. The van der Waals surface area contributed by atoms with Crippen molar-refractivity contribution in [2.45, 2.75) is 32.7 Å². The third-order valence-electron chi connectivity index (χ3n) is 2.53. The minimum Gasteiger partial charge on any atom is -0.317 e. The van der Waals surface area contributed by atoms with Crippen molar-refractivity contribution in [1.29, 1.82) is 0 Å². The van der Waals surface area contributed by atoms with E-state index in [1.165, 1.54) is 6.42 Å². The molecule has 1 amide bonds. The van der Waals surface area contributed by atoms with Gasteiger partial charge in [0.05, 0.1) is 6.54 Å². The molecule has 1 N–H and O–H groups in total. The third kappa shape index (κ3) is 1.64. The minimum atomic E-state index is 0.00139. The van der Waals surface area contributed by atoms with Crippen LogP contribution in [-0.4, -0.2) is 17.1 Å². The molecule has 2 rings (SSSR count). The summed E-state index contributed by atoms with van der Waals surface area (Å²) in [4.78, 5) is 11.4. The van der Waals surface area contributed by atoms with Crippen LogP contribution in [0.3, 0.4) is 0 Å². The highest BCUT2D eigenvalue weighted by atomic mass is 16.2. The van der Waals surface area contributed by atoms with Crippen LogP contribution >= 0.6 is 0 Å². The van der Waals surface area contributed by atoms with Gasteiger partial charge in [-0.05, 0) is 6.42 Å². The Labute approximate surface area is 83.5 Å². The third-order valence-corrected chi connectivity index (χ3v) is 2.53. The Bertz CT molecular complexity index is 343. The summed E-state index contributed by atoms with van der Waals surface area (Å²) in [6.45, 7) is 3.93. The van der Waals surface area contributed by atoms with E-state index in [1.54, 1.807) is 4.57 Å². The van der Waals surface area contributed by atoms with Crippen LogP contribution < -0.4 is 9.88 Å². The van der Waals surface area contributed by atoms with Gasteiger partial charge in [-0.25, -0.2) is 9.36 Å². The summed E-state index contributed by atoms with van der Waals surface area (Å²) in [6.07, 6.45) is 7.24. The predicted molar refractivity (Wildman–Crippen MR) is 52.0 cm³/mol. The van der Waals surface area contributed by atoms with Gasteiger partial charge in [0.15, 0.2) is 5.69 Å². The Morgan fingerprint density at radius 1 is 1.64 bits per heavy atom. The number of nitrogens with zero attached hydrogens (tertiary/aromatic N) is 2. The van der Waals surface area contributed by atoms with Gasteiger partial charge in [0, 0.05) is 13.0 Å². The molecule has 0 saturated carbocycles. The van der Waals surface area contributed by atoms with E-state index >= 15 is 0 Å². The molecule has 4 heteroatoms. The van der Waals surface area contributed by atoms with Gasteiger partial charge in [-0.3, -0.25) is 0 Å². The van der Waals surface area contributed by atoms with Gasteiger partial charge >= 0.3 is 6.03 Å². The molecule has 0 radical (unpaired) electrons. The van der Waals surface area contributed by atoms with Crippen LogP contribution in [-0.2, 0) is 13.0 Å². The van der Waals surface area contributed by atoms with Gasteiger partial charge in [0.2, 0.25) is 0 Å².